The summed E-state index contributed by atoms with van der Waals surface area (Å²) >= 11 is 2.44. The largest absolute Gasteiger partial charge is 0.206 e. The molecule has 0 bridgehead atoms. The van der Waals surface area contributed by atoms with Gasteiger partial charge in [0, 0.05) is 8.63 Å². The Bertz CT molecular complexity index is 1080. The summed E-state index contributed by atoms with van der Waals surface area (Å²) in [5.74, 6) is 2.23. The first-order valence-electron chi connectivity index (χ1n) is 9.60. The fraction of sp³-hybridized carbons (Fsp3) is 0. The van der Waals surface area contributed by atoms with E-state index in [4.69, 9.17) is 0 Å². The summed E-state index contributed by atoms with van der Waals surface area (Å²) < 4.78 is 16.1. The molecule has 0 nitrogen and oxygen atoms in total. The van der Waals surface area contributed by atoms with E-state index >= 15 is 0 Å². The predicted molar refractivity (Wildman–Crippen MR) is 140 cm³/mol. The van der Waals surface area contributed by atoms with Crippen molar-refractivity contribution in [3.05, 3.63) is 130 Å². The molecular formula is C26H20FIP2. The van der Waals surface area contributed by atoms with Crippen molar-refractivity contribution in [2.75, 3.05) is 0 Å². The molecule has 0 aliphatic carbocycles. The standard InChI is InChI=1S/C26H20FIP2/c27-24-18-10-11-19-25(24)30(23-16-8-3-9-17-23)26(28)20-29(21-12-4-1-5-13-21)22-14-6-2-7-15-22/h1-20H/b26-20-. The molecular weight excluding hydrogens is 520 g/mol. The Morgan fingerprint density at radius 2 is 1.03 bits per heavy atom. The van der Waals surface area contributed by atoms with Crippen LogP contribution in [-0.4, -0.2) is 0 Å². The molecule has 0 saturated carbocycles. The minimum atomic E-state index is -0.957. The van der Waals surface area contributed by atoms with Gasteiger partial charge < -0.3 is 0 Å². The zero-order valence-electron chi connectivity index (χ0n) is 16.2. The molecule has 148 valence electrons. The Morgan fingerprint density at radius 3 is 1.53 bits per heavy atom. The van der Waals surface area contributed by atoms with E-state index in [2.05, 4.69) is 89.1 Å². The fourth-order valence-electron chi connectivity index (χ4n) is 3.23. The highest BCUT2D eigenvalue weighted by atomic mass is 127. The third-order valence-electron chi connectivity index (χ3n) is 4.63. The van der Waals surface area contributed by atoms with Crippen molar-refractivity contribution >= 4 is 59.7 Å². The SMILES string of the molecule is Fc1ccccc1P(/C(I)=C\P(c1ccccc1)c1ccccc1)c1ccccc1. The van der Waals surface area contributed by atoms with Crippen molar-refractivity contribution in [3.63, 3.8) is 0 Å². The normalized spacial score (nSPS) is 12.7. The Morgan fingerprint density at radius 1 is 0.600 bits per heavy atom. The minimum Gasteiger partial charge on any atom is -0.206 e. The molecule has 4 aromatic rings. The number of benzene rings is 4. The lowest BCUT2D eigenvalue weighted by molar-refractivity contribution is 0.636. The third-order valence-corrected chi connectivity index (χ3v) is 11.5. The summed E-state index contributed by atoms with van der Waals surface area (Å²) in [6.45, 7) is 0. The Hall–Kier alpha value is -1.86. The van der Waals surface area contributed by atoms with Gasteiger partial charge in [0.15, 0.2) is 0 Å². The molecule has 0 N–H and O–H groups in total. The fourth-order valence-corrected chi connectivity index (χ4v) is 10.0. The first kappa shape index (κ1) is 21.4. The van der Waals surface area contributed by atoms with Gasteiger partial charge in [0.05, 0.1) is 0 Å². The highest BCUT2D eigenvalue weighted by Gasteiger charge is 2.22. The van der Waals surface area contributed by atoms with Crippen molar-refractivity contribution in [3.8, 4) is 0 Å². The summed E-state index contributed by atoms with van der Waals surface area (Å²) in [5, 5.41) is 4.53. The van der Waals surface area contributed by atoms with Crippen LogP contribution in [-0.2, 0) is 0 Å². The van der Waals surface area contributed by atoms with Crippen LogP contribution in [0.5, 0.6) is 0 Å². The van der Waals surface area contributed by atoms with Gasteiger partial charge in [-0.3, -0.25) is 0 Å². The van der Waals surface area contributed by atoms with E-state index in [1.54, 1.807) is 12.1 Å². The molecule has 0 aromatic heterocycles. The zero-order chi connectivity index (χ0) is 20.8. The molecule has 0 spiro atoms. The van der Waals surface area contributed by atoms with E-state index in [1.807, 2.05) is 42.5 Å². The minimum absolute atomic E-state index is 0.140. The average Bonchev–Trinajstić information content (AvgIpc) is 2.81. The van der Waals surface area contributed by atoms with Crippen LogP contribution in [0.4, 0.5) is 4.39 Å². The van der Waals surface area contributed by atoms with E-state index in [0.29, 0.717) is 0 Å². The highest BCUT2D eigenvalue weighted by Crippen LogP contribution is 2.51. The van der Waals surface area contributed by atoms with Gasteiger partial charge >= 0.3 is 0 Å². The van der Waals surface area contributed by atoms with E-state index < -0.39 is 15.8 Å². The first-order valence-corrected chi connectivity index (χ1v) is 13.4. The van der Waals surface area contributed by atoms with Crippen LogP contribution < -0.4 is 21.2 Å². The van der Waals surface area contributed by atoms with Crippen LogP contribution in [0.2, 0.25) is 0 Å². The van der Waals surface area contributed by atoms with Crippen molar-refractivity contribution in [2.24, 2.45) is 0 Å². The van der Waals surface area contributed by atoms with Gasteiger partial charge in [-0.15, -0.1) is 0 Å². The Balaban J connectivity index is 1.84. The lowest BCUT2D eigenvalue weighted by atomic mass is 10.3. The summed E-state index contributed by atoms with van der Waals surface area (Å²) in [5.41, 5.74) is 0. The summed E-state index contributed by atoms with van der Waals surface area (Å²) in [4.78, 5) is 0. The van der Waals surface area contributed by atoms with Crippen LogP contribution >= 0.6 is 38.4 Å². The molecule has 0 saturated heterocycles. The summed E-state index contributed by atoms with van der Waals surface area (Å²) in [6, 6.07) is 38.7. The second-order valence-corrected chi connectivity index (χ2v) is 12.8. The van der Waals surface area contributed by atoms with Crippen LogP contribution in [0.25, 0.3) is 0 Å². The third kappa shape index (κ3) is 5.06. The second kappa shape index (κ2) is 10.4. The van der Waals surface area contributed by atoms with Gasteiger partial charge in [-0.2, -0.15) is 0 Å². The van der Waals surface area contributed by atoms with Gasteiger partial charge in [0.1, 0.15) is 5.82 Å². The molecule has 1 unspecified atom stereocenters. The van der Waals surface area contributed by atoms with Gasteiger partial charge in [-0.25, -0.2) is 4.39 Å². The van der Waals surface area contributed by atoms with Crippen molar-refractivity contribution in [1.82, 2.24) is 0 Å². The van der Waals surface area contributed by atoms with Crippen molar-refractivity contribution < 1.29 is 4.39 Å². The maximum atomic E-state index is 14.9. The van der Waals surface area contributed by atoms with Gasteiger partial charge in [0.25, 0.3) is 0 Å². The van der Waals surface area contributed by atoms with Crippen molar-refractivity contribution in [2.45, 2.75) is 0 Å². The van der Waals surface area contributed by atoms with E-state index in [-0.39, 0.29) is 5.82 Å². The number of hydrogen-bond acceptors (Lipinski definition) is 0. The smallest absolute Gasteiger partial charge is 0.131 e. The Labute approximate surface area is 193 Å². The quantitative estimate of drug-likeness (QED) is 0.191. The lowest BCUT2D eigenvalue weighted by Crippen LogP contribution is -2.15. The summed E-state index contributed by atoms with van der Waals surface area (Å²) in [7, 11) is -1.65. The Kier molecular flexibility index (Phi) is 7.44. The monoisotopic (exact) mass is 540 g/mol. The van der Waals surface area contributed by atoms with Crippen LogP contribution in [0.1, 0.15) is 0 Å². The zero-order valence-corrected chi connectivity index (χ0v) is 20.1. The summed E-state index contributed by atoms with van der Waals surface area (Å²) in [6.07, 6.45) is 0. The van der Waals surface area contributed by atoms with E-state index in [1.165, 1.54) is 13.9 Å². The lowest BCUT2D eigenvalue weighted by Gasteiger charge is -2.22. The highest BCUT2D eigenvalue weighted by molar-refractivity contribution is 14.1. The molecule has 0 aliphatic rings. The number of hydrogen-bond donors (Lipinski definition) is 0. The topological polar surface area (TPSA) is 0 Å². The number of rotatable bonds is 6. The first-order chi connectivity index (χ1) is 14.7. The van der Waals surface area contributed by atoms with Crippen LogP contribution in [0.15, 0.2) is 124 Å². The molecule has 30 heavy (non-hydrogen) atoms. The molecule has 4 heteroatoms. The maximum Gasteiger partial charge on any atom is 0.131 e. The molecule has 0 fully saturated rings. The van der Waals surface area contributed by atoms with Crippen LogP contribution in [0, 0.1) is 5.82 Å². The van der Waals surface area contributed by atoms with Gasteiger partial charge in [-0.05, 0) is 66.2 Å². The molecule has 0 radical (unpaired) electrons. The van der Waals surface area contributed by atoms with Gasteiger partial charge in [0.2, 0.25) is 0 Å². The van der Waals surface area contributed by atoms with E-state index in [9.17, 15) is 4.39 Å². The van der Waals surface area contributed by atoms with Crippen LogP contribution in [0.3, 0.4) is 0 Å². The van der Waals surface area contributed by atoms with Gasteiger partial charge in [-0.1, -0.05) is 109 Å². The van der Waals surface area contributed by atoms with E-state index in [0.717, 1.165) is 10.6 Å². The number of halogens is 2. The molecule has 0 aliphatic heterocycles. The van der Waals surface area contributed by atoms with Crippen molar-refractivity contribution in [1.29, 1.82) is 0 Å². The maximum absolute atomic E-state index is 14.9. The molecule has 0 heterocycles. The molecule has 1 atom stereocenters. The second-order valence-electron chi connectivity index (χ2n) is 6.62. The predicted octanol–water partition coefficient (Wildman–Crippen LogP) is 6.63. The molecule has 4 rings (SSSR count). The average molecular weight is 540 g/mol. The molecule has 0 amide bonds. The molecule has 4 aromatic carbocycles.